The van der Waals surface area contributed by atoms with Crippen molar-refractivity contribution < 1.29 is 44.7 Å². The van der Waals surface area contributed by atoms with Gasteiger partial charge in [0, 0.05) is 17.3 Å². The van der Waals surface area contributed by atoms with Crippen LogP contribution in [0.15, 0.2) is 6.20 Å². The van der Waals surface area contributed by atoms with Crippen molar-refractivity contribution in [2.45, 2.75) is 38.6 Å². The number of aryl methyl sites for hydroxylation is 1. The summed E-state index contributed by atoms with van der Waals surface area (Å²) in [5.41, 5.74) is -2.26. The summed E-state index contributed by atoms with van der Waals surface area (Å²) in [5, 5.41) is 46.2. The standard InChI is InChI=1S/C14H17NO9/c1-7-12(20)9(5-16)8(4-15-7)6-24-11(19)3-14(23,13(21)22)2-10(17)18/h4,16,20,23H,2-3,5-6H2,1H3,(H,17,18)(H,21,22). The molecule has 0 fully saturated rings. The number of pyridine rings is 1. The predicted octanol–water partition coefficient (Wildman–Crippen LogP) is -0.688. The molecular formula is C14H17NO9. The molecule has 24 heavy (non-hydrogen) atoms. The summed E-state index contributed by atoms with van der Waals surface area (Å²) in [5.74, 6) is -4.89. The van der Waals surface area contributed by atoms with Crippen LogP contribution in [0.1, 0.15) is 29.7 Å². The van der Waals surface area contributed by atoms with Crippen LogP contribution in [-0.2, 0) is 32.3 Å². The number of rotatable bonds is 8. The molecule has 1 aromatic heterocycles. The van der Waals surface area contributed by atoms with Gasteiger partial charge in [0.2, 0.25) is 0 Å². The Bertz CT molecular complexity index is 658. The quantitative estimate of drug-likeness (QED) is 0.380. The number of aromatic hydroxyl groups is 1. The lowest BCUT2D eigenvalue weighted by Gasteiger charge is -2.20. The van der Waals surface area contributed by atoms with Gasteiger partial charge in [0.25, 0.3) is 0 Å². The van der Waals surface area contributed by atoms with Crippen LogP contribution < -0.4 is 0 Å². The number of aliphatic hydroxyl groups is 2. The SMILES string of the molecule is Cc1ncc(COC(=O)CC(O)(CC(=O)O)C(=O)O)c(CO)c1O. The van der Waals surface area contributed by atoms with Crippen LogP contribution in [-0.4, -0.2) is 54.0 Å². The molecule has 1 atom stereocenters. The third-order valence-electron chi connectivity index (χ3n) is 3.26. The molecule has 1 aromatic rings. The maximum atomic E-state index is 11.7. The summed E-state index contributed by atoms with van der Waals surface area (Å²) in [6, 6.07) is 0. The molecule has 0 aliphatic heterocycles. The van der Waals surface area contributed by atoms with Gasteiger partial charge in [-0.05, 0) is 6.92 Å². The van der Waals surface area contributed by atoms with Gasteiger partial charge in [-0.2, -0.15) is 0 Å². The molecule has 5 N–H and O–H groups in total. The zero-order valence-corrected chi connectivity index (χ0v) is 12.7. The number of esters is 1. The van der Waals surface area contributed by atoms with E-state index < -0.39 is 49.6 Å². The largest absolute Gasteiger partial charge is 0.506 e. The highest BCUT2D eigenvalue weighted by Gasteiger charge is 2.41. The van der Waals surface area contributed by atoms with Gasteiger partial charge in [0.05, 0.1) is 25.1 Å². The average molecular weight is 343 g/mol. The highest BCUT2D eigenvalue weighted by molar-refractivity contribution is 5.88. The second kappa shape index (κ2) is 7.70. The number of carbonyl (C=O) groups excluding carboxylic acids is 1. The monoisotopic (exact) mass is 343 g/mol. The maximum absolute atomic E-state index is 11.7. The van der Waals surface area contributed by atoms with E-state index in [0.29, 0.717) is 0 Å². The number of hydrogen-bond acceptors (Lipinski definition) is 8. The van der Waals surface area contributed by atoms with Gasteiger partial charge in [-0.25, -0.2) is 4.79 Å². The van der Waals surface area contributed by atoms with Gasteiger partial charge in [-0.3, -0.25) is 14.6 Å². The van der Waals surface area contributed by atoms with Crippen molar-refractivity contribution in [1.29, 1.82) is 0 Å². The van der Waals surface area contributed by atoms with Crippen LogP contribution in [0.4, 0.5) is 0 Å². The van der Waals surface area contributed by atoms with Crippen LogP contribution in [0.3, 0.4) is 0 Å². The molecule has 0 radical (unpaired) electrons. The van der Waals surface area contributed by atoms with E-state index in [0.717, 1.165) is 0 Å². The second-order valence-corrected chi connectivity index (χ2v) is 5.10. The second-order valence-electron chi connectivity index (χ2n) is 5.10. The molecule has 0 saturated carbocycles. The molecular weight excluding hydrogens is 326 g/mol. The van der Waals surface area contributed by atoms with Gasteiger partial charge < -0.3 is 30.3 Å². The fraction of sp³-hybridized carbons (Fsp3) is 0.429. The summed E-state index contributed by atoms with van der Waals surface area (Å²) >= 11 is 0. The Labute approximate surface area is 136 Å². The van der Waals surface area contributed by atoms with Gasteiger partial charge in [0.1, 0.15) is 12.4 Å². The molecule has 0 aromatic carbocycles. The Morgan fingerprint density at radius 1 is 1.25 bits per heavy atom. The summed E-state index contributed by atoms with van der Waals surface area (Å²) in [7, 11) is 0. The normalized spacial score (nSPS) is 13.1. The number of carboxylic acids is 2. The van der Waals surface area contributed by atoms with E-state index in [1.807, 2.05) is 0 Å². The molecule has 1 rings (SSSR count). The van der Waals surface area contributed by atoms with Crippen LogP contribution in [0.5, 0.6) is 5.75 Å². The smallest absolute Gasteiger partial charge is 0.336 e. The lowest BCUT2D eigenvalue weighted by molar-refractivity contribution is -0.172. The lowest BCUT2D eigenvalue weighted by Crippen LogP contribution is -2.43. The van der Waals surface area contributed by atoms with Crippen molar-refractivity contribution in [3.05, 3.63) is 23.0 Å². The maximum Gasteiger partial charge on any atom is 0.336 e. The molecule has 0 spiro atoms. The number of carbonyl (C=O) groups is 3. The zero-order valence-electron chi connectivity index (χ0n) is 12.7. The fourth-order valence-electron chi connectivity index (χ4n) is 1.90. The molecule has 0 aliphatic rings. The van der Waals surface area contributed by atoms with Gasteiger partial charge in [0.15, 0.2) is 5.60 Å². The number of carboxylic acid groups (broad SMARTS) is 2. The van der Waals surface area contributed by atoms with E-state index in [1.54, 1.807) is 0 Å². The average Bonchev–Trinajstić information content (AvgIpc) is 2.47. The molecule has 0 saturated heterocycles. The minimum absolute atomic E-state index is 0.0920. The van der Waals surface area contributed by atoms with Gasteiger partial charge in [-0.15, -0.1) is 0 Å². The van der Waals surface area contributed by atoms with E-state index in [9.17, 15) is 29.7 Å². The Kier molecular flexibility index (Phi) is 6.20. The van der Waals surface area contributed by atoms with E-state index in [1.165, 1.54) is 13.1 Å². The predicted molar refractivity (Wildman–Crippen MR) is 75.8 cm³/mol. The van der Waals surface area contributed by atoms with E-state index in [4.69, 9.17) is 14.9 Å². The van der Waals surface area contributed by atoms with Crippen molar-refractivity contribution in [2.75, 3.05) is 0 Å². The minimum atomic E-state index is -2.80. The highest BCUT2D eigenvalue weighted by Crippen LogP contribution is 2.24. The number of ether oxygens (including phenoxy) is 1. The van der Waals surface area contributed by atoms with Crippen LogP contribution in [0, 0.1) is 6.92 Å². The first kappa shape index (κ1) is 19.3. The van der Waals surface area contributed by atoms with E-state index in [2.05, 4.69) is 4.98 Å². The van der Waals surface area contributed by atoms with Crippen molar-refractivity contribution in [2.24, 2.45) is 0 Å². The molecule has 10 heteroatoms. The number of aromatic nitrogens is 1. The van der Waals surface area contributed by atoms with Crippen LogP contribution >= 0.6 is 0 Å². The van der Waals surface area contributed by atoms with Crippen molar-refractivity contribution in [3.8, 4) is 5.75 Å². The summed E-state index contributed by atoms with van der Waals surface area (Å²) < 4.78 is 4.78. The summed E-state index contributed by atoms with van der Waals surface area (Å²) in [6.45, 7) is 0.516. The number of aliphatic carboxylic acids is 2. The zero-order chi connectivity index (χ0) is 18.5. The van der Waals surface area contributed by atoms with Crippen molar-refractivity contribution in [1.82, 2.24) is 4.98 Å². The number of hydrogen-bond donors (Lipinski definition) is 5. The highest BCUT2D eigenvalue weighted by atomic mass is 16.5. The third-order valence-corrected chi connectivity index (χ3v) is 3.26. The molecule has 132 valence electrons. The molecule has 1 unspecified atom stereocenters. The summed E-state index contributed by atoms with van der Waals surface area (Å²) in [4.78, 5) is 37.1. The third kappa shape index (κ3) is 4.64. The number of aliphatic hydroxyl groups excluding tert-OH is 1. The van der Waals surface area contributed by atoms with Crippen molar-refractivity contribution >= 4 is 17.9 Å². The summed E-state index contributed by atoms with van der Waals surface area (Å²) in [6.07, 6.45) is -0.991. The number of nitrogens with zero attached hydrogens (tertiary/aromatic N) is 1. The Morgan fingerprint density at radius 3 is 2.38 bits per heavy atom. The topological polar surface area (TPSA) is 174 Å². The molecule has 10 nitrogen and oxygen atoms in total. The molecule has 0 bridgehead atoms. The first-order valence-corrected chi connectivity index (χ1v) is 6.71. The first-order valence-electron chi connectivity index (χ1n) is 6.71. The van der Waals surface area contributed by atoms with Crippen LogP contribution in [0.2, 0.25) is 0 Å². The molecule has 1 heterocycles. The first-order chi connectivity index (χ1) is 11.1. The van der Waals surface area contributed by atoms with E-state index in [-0.39, 0.29) is 22.6 Å². The Morgan fingerprint density at radius 2 is 1.88 bits per heavy atom. The minimum Gasteiger partial charge on any atom is -0.506 e. The lowest BCUT2D eigenvalue weighted by atomic mass is 9.96. The van der Waals surface area contributed by atoms with Gasteiger partial charge in [-0.1, -0.05) is 0 Å². The van der Waals surface area contributed by atoms with Gasteiger partial charge >= 0.3 is 17.9 Å². The molecule has 0 aliphatic carbocycles. The van der Waals surface area contributed by atoms with Crippen molar-refractivity contribution in [3.63, 3.8) is 0 Å². The Hall–Kier alpha value is -2.72. The molecule has 0 amide bonds. The van der Waals surface area contributed by atoms with E-state index >= 15 is 0 Å². The fourth-order valence-corrected chi connectivity index (χ4v) is 1.90. The Balaban J connectivity index is 2.81. The van der Waals surface area contributed by atoms with Crippen LogP contribution in [0.25, 0.3) is 0 Å².